The van der Waals surface area contributed by atoms with Gasteiger partial charge in [0.2, 0.25) is 0 Å². The van der Waals surface area contributed by atoms with Crippen molar-refractivity contribution in [1.82, 2.24) is 5.32 Å². The number of benzene rings is 1. The molecule has 1 atom stereocenters. The summed E-state index contributed by atoms with van der Waals surface area (Å²) in [7, 11) is -3.04. The number of nitrogens with one attached hydrogen (secondary N) is 1. The fourth-order valence-corrected chi connectivity index (χ4v) is 4.67. The minimum Gasteiger partial charge on any atom is -0.434 e. The summed E-state index contributed by atoms with van der Waals surface area (Å²) in [6, 6.07) is 4.36. The van der Waals surface area contributed by atoms with Crippen molar-refractivity contribution in [2.45, 2.75) is 32.0 Å². The summed E-state index contributed by atoms with van der Waals surface area (Å²) in [5.74, 6) is 0.198. The third kappa shape index (κ3) is 4.52. The van der Waals surface area contributed by atoms with Gasteiger partial charge in [0.25, 0.3) is 0 Å². The predicted molar refractivity (Wildman–Crippen MR) is 76.6 cm³/mol. The van der Waals surface area contributed by atoms with E-state index < -0.39 is 22.0 Å². The van der Waals surface area contributed by atoms with Crippen LogP contribution in [0.4, 0.5) is 8.78 Å². The third-order valence-corrected chi connectivity index (χ3v) is 5.59. The molecule has 0 aromatic heterocycles. The summed E-state index contributed by atoms with van der Waals surface area (Å²) in [6.45, 7) is -0.919. The van der Waals surface area contributed by atoms with Crippen LogP contribution in [-0.2, 0) is 16.4 Å². The molecular weight excluding hydrogens is 324 g/mol. The van der Waals surface area contributed by atoms with Crippen LogP contribution in [0.2, 0.25) is 5.02 Å². The third-order valence-electron chi connectivity index (χ3n) is 3.45. The Balaban J connectivity index is 2.11. The number of sulfone groups is 1. The molecule has 1 aromatic rings. The molecule has 1 aliphatic heterocycles. The summed E-state index contributed by atoms with van der Waals surface area (Å²) < 4.78 is 52.2. The molecule has 0 saturated carbocycles. The van der Waals surface area contributed by atoms with E-state index >= 15 is 0 Å². The maximum absolute atomic E-state index is 12.4. The zero-order chi connectivity index (χ0) is 15.7. The number of halogens is 3. The van der Waals surface area contributed by atoms with Crippen molar-refractivity contribution in [1.29, 1.82) is 0 Å². The summed E-state index contributed by atoms with van der Waals surface area (Å²) in [6.07, 6.45) is 0.487. The van der Waals surface area contributed by atoms with Crippen LogP contribution in [0.15, 0.2) is 18.2 Å². The second-order valence-corrected chi connectivity index (χ2v) is 8.01. The summed E-state index contributed by atoms with van der Waals surface area (Å²) in [4.78, 5) is 0. The molecule has 1 heterocycles. The molecule has 8 heteroatoms. The van der Waals surface area contributed by atoms with E-state index in [0.717, 1.165) is 0 Å². The van der Waals surface area contributed by atoms with Crippen LogP contribution in [0, 0.1) is 0 Å². The van der Waals surface area contributed by atoms with Gasteiger partial charge in [-0.2, -0.15) is 8.78 Å². The van der Waals surface area contributed by atoms with E-state index in [1.807, 2.05) is 0 Å². The topological polar surface area (TPSA) is 55.4 Å². The van der Waals surface area contributed by atoms with Gasteiger partial charge in [0.15, 0.2) is 9.84 Å². The molecule has 0 radical (unpaired) electrons. The van der Waals surface area contributed by atoms with E-state index in [0.29, 0.717) is 17.0 Å². The monoisotopic (exact) mass is 339 g/mol. The summed E-state index contributed by atoms with van der Waals surface area (Å²) in [5.41, 5.74) is -0.100. The van der Waals surface area contributed by atoms with Gasteiger partial charge in [-0.25, -0.2) is 8.42 Å². The highest BCUT2D eigenvalue weighted by Crippen LogP contribution is 2.27. The van der Waals surface area contributed by atoms with Gasteiger partial charge < -0.3 is 10.1 Å². The highest BCUT2D eigenvalue weighted by Gasteiger charge is 2.37. The van der Waals surface area contributed by atoms with Crippen molar-refractivity contribution in [3.8, 4) is 5.75 Å². The molecule has 1 aromatic carbocycles. The van der Waals surface area contributed by atoms with Crippen LogP contribution in [0.1, 0.15) is 18.9 Å². The molecule has 2 rings (SSSR count). The standard InChI is InChI=1S/C13H16ClF2NO3S/c1-13(4-5-21(18,19)8-13)17-7-9-6-10(14)2-3-11(9)20-12(15)16/h2-3,6,12,17H,4-5,7-8H2,1H3. The van der Waals surface area contributed by atoms with Gasteiger partial charge in [0, 0.05) is 22.7 Å². The first-order valence-electron chi connectivity index (χ1n) is 6.38. The van der Waals surface area contributed by atoms with Gasteiger partial charge in [-0.15, -0.1) is 0 Å². The van der Waals surface area contributed by atoms with Crippen molar-refractivity contribution < 1.29 is 21.9 Å². The van der Waals surface area contributed by atoms with Crippen molar-refractivity contribution >= 4 is 21.4 Å². The fraction of sp³-hybridized carbons (Fsp3) is 0.538. The van der Waals surface area contributed by atoms with Crippen LogP contribution in [0.5, 0.6) is 5.75 Å². The van der Waals surface area contributed by atoms with Gasteiger partial charge in [0.05, 0.1) is 11.5 Å². The molecule has 0 amide bonds. The lowest BCUT2D eigenvalue weighted by Crippen LogP contribution is -2.42. The maximum atomic E-state index is 12.4. The Morgan fingerprint density at radius 3 is 2.76 bits per heavy atom. The van der Waals surface area contributed by atoms with E-state index in [9.17, 15) is 17.2 Å². The fourth-order valence-electron chi connectivity index (χ4n) is 2.36. The molecule has 1 fully saturated rings. The van der Waals surface area contributed by atoms with Crippen LogP contribution >= 0.6 is 11.6 Å². The normalized spacial score (nSPS) is 24.4. The second kappa shape index (κ2) is 6.06. The maximum Gasteiger partial charge on any atom is 0.387 e. The van der Waals surface area contributed by atoms with E-state index in [4.69, 9.17) is 11.6 Å². The van der Waals surface area contributed by atoms with Crippen molar-refractivity contribution in [2.24, 2.45) is 0 Å². The summed E-state index contributed by atoms with van der Waals surface area (Å²) >= 11 is 5.86. The lowest BCUT2D eigenvalue weighted by Gasteiger charge is -2.24. The van der Waals surface area contributed by atoms with Gasteiger partial charge in [-0.3, -0.25) is 0 Å². The SMILES string of the molecule is CC1(NCc2cc(Cl)ccc2OC(F)F)CCS(=O)(=O)C1. The van der Waals surface area contributed by atoms with Gasteiger partial charge in [-0.1, -0.05) is 11.6 Å². The number of hydrogen-bond donors (Lipinski definition) is 1. The van der Waals surface area contributed by atoms with Crippen molar-refractivity contribution in [3.63, 3.8) is 0 Å². The number of hydrogen-bond acceptors (Lipinski definition) is 4. The second-order valence-electron chi connectivity index (χ2n) is 5.39. The summed E-state index contributed by atoms with van der Waals surface area (Å²) in [5, 5.41) is 3.51. The van der Waals surface area contributed by atoms with Crippen LogP contribution < -0.4 is 10.1 Å². The van der Waals surface area contributed by atoms with E-state index in [1.165, 1.54) is 18.2 Å². The molecule has 118 valence electrons. The Morgan fingerprint density at radius 1 is 1.48 bits per heavy atom. The molecule has 21 heavy (non-hydrogen) atoms. The van der Waals surface area contributed by atoms with Crippen LogP contribution in [-0.4, -0.2) is 32.1 Å². The average molecular weight is 340 g/mol. The van der Waals surface area contributed by atoms with Crippen LogP contribution in [0.25, 0.3) is 0 Å². The predicted octanol–water partition coefficient (Wildman–Crippen LogP) is 2.61. The minimum atomic E-state index is -3.04. The van der Waals surface area contributed by atoms with Gasteiger partial charge >= 0.3 is 6.61 Å². The first-order valence-corrected chi connectivity index (χ1v) is 8.58. The Bertz CT molecular complexity index is 624. The molecule has 1 unspecified atom stereocenters. The highest BCUT2D eigenvalue weighted by atomic mass is 35.5. The lowest BCUT2D eigenvalue weighted by molar-refractivity contribution is -0.0505. The molecule has 0 bridgehead atoms. The number of rotatable bonds is 5. The lowest BCUT2D eigenvalue weighted by atomic mass is 10.0. The van der Waals surface area contributed by atoms with Gasteiger partial charge in [0.1, 0.15) is 5.75 Å². The quantitative estimate of drug-likeness (QED) is 0.896. The smallest absolute Gasteiger partial charge is 0.387 e. The molecular formula is C13H16ClF2NO3S. The Kier molecular flexibility index (Phi) is 4.75. The Labute approximate surface area is 127 Å². The first-order chi connectivity index (χ1) is 9.69. The molecule has 0 spiro atoms. The zero-order valence-electron chi connectivity index (χ0n) is 11.4. The first kappa shape index (κ1) is 16.5. The molecule has 1 aliphatic rings. The molecule has 4 nitrogen and oxygen atoms in total. The van der Waals surface area contributed by atoms with Crippen molar-refractivity contribution in [2.75, 3.05) is 11.5 Å². The zero-order valence-corrected chi connectivity index (χ0v) is 13.0. The molecule has 1 saturated heterocycles. The van der Waals surface area contributed by atoms with Crippen molar-refractivity contribution in [3.05, 3.63) is 28.8 Å². The molecule has 0 aliphatic carbocycles. The average Bonchev–Trinajstić information content (AvgIpc) is 2.64. The minimum absolute atomic E-state index is 0.0333. The van der Waals surface area contributed by atoms with Gasteiger partial charge in [-0.05, 0) is 31.5 Å². The number of ether oxygens (including phenoxy) is 1. The largest absolute Gasteiger partial charge is 0.434 e. The number of alkyl halides is 2. The highest BCUT2D eigenvalue weighted by molar-refractivity contribution is 7.91. The van der Waals surface area contributed by atoms with E-state index in [1.54, 1.807) is 6.92 Å². The Morgan fingerprint density at radius 2 is 2.19 bits per heavy atom. The van der Waals surface area contributed by atoms with E-state index in [2.05, 4.69) is 10.1 Å². The van der Waals surface area contributed by atoms with E-state index in [-0.39, 0.29) is 23.8 Å². The molecule has 1 N–H and O–H groups in total. The Hall–Kier alpha value is -0.920. The van der Waals surface area contributed by atoms with Crippen LogP contribution in [0.3, 0.4) is 0 Å².